The van der Waals surface area contributed by atoms with Crippen molar-refractivity contribution >= 4 is 5.69 Å². The van der Waals surface area contributed by atoms with E-state index in [1.807, 2.05) is 51.1 Å². The van der Waals surface area contributed by atoms with Crippen LogP contribution in [-0.2, 0) is 0 Å². The summed E-state index contributed by atoms with van der Waals surface area (Å²) in [7, 11) is 0. The van der Waals surface area contributed by atoms with E-state index in [0.717, 1.165) is 5.69 Å². The molecule has 0 unspecified atom stereocenters. The van der Waals surface area contributed by atoms with Crippen LogP contribution in [-0.4, -0.2) is 11.1 Å². The Morgan fingerprint density at radius 3 is 2.47 bits per heavy atom. The number of benzene rings is 1. The van der Waals surface area contributed by atoms with Gasteiger partial charge in [-0.2, -0.15) is 0 Å². The minimum Gasteiger partial charge on any atom is -0.489 e. The van der Waals surface area contributed by atoms with Crippen LogP contribution in [0.2, 0.25) is 0 Å². The molecule has 19 heavy (non-hydrogen) atoms. The van der Waals surface area contributed by atoms with Crippen molar-refractivity contribution < 1.29 is 9.47 Å². The zero-order valence-electron chi connectivity index (χ0n) is 11.4. The molecule has 0 fully saturated rings. The number of nitrogen functional groups attached to an aromatic ring is 1. The normalized spacial score (nSPS) is 10.5. The molecule has 4 heteroatoms. The molecule has 0 spiro atoms. The van der Waals surface area contributed by atoms with Gasteiger partial charge in [0.1, 0.15) is 17.2 Å². The molecule has 0 radical (unpaired) electrons. The minimum absolute atomic E-state index is 0.0681. The third kappa shape index (κ3) is 3.37. The summed E-state index contributed by atoms with van der Waals surface area (Å²) >= 11 is 0. The van der Waals surface area contributed by atoms with Gasteiger partial charge in [-0.15, -0.1) is 0 Å². The zero-order valence-corrected chi connectivity index (χ0v) is 11.4. The molecule has 0 aliphatic rings. The number of nitrogens with two attached hydrogens (primary N) is 1. The minimum atomic E-state index is 0.0681. The Kier molecular flexibility index (Phi) is 3.90. The van der Waals surface area contributed by atoms with Crippen molar-refractivity contribution in [3.8, 4) is 17.2 Å². The fraction of sp³-hybridized carbons (Fsp3) is 0.267. The van der Waals surface area contributed by atoms with Crippen molar-refractivity contribution in [2.45, 2.75) is 26.9 Å². The number of hydrogen-bond donors (Lipinski definition) is 1. The maximum absolute atomic E-state index is 6.04. The van der Waals surface area contributed by atoms with Crippen LogP contribution in [0.1, 0.15) is 19.5 Å². The SMILES string of the molecule is Cc1ccc(Oc2cccc(OC(C)C)c2N)cn1. The second-order valence-electron chi connectivity index (χ2n) is 4.57. The number of para-hydroxylation sites is 1. The molecule has 0 saturated heterocycles. The van der Waals surface area contributed by atoms with Gasteiger partial charge in [-0.05, 0) is 45.0 Å². The summed E-state index contributed by atoms with van der Waals surface area (Å²) in [6.07, 6.45) is 1.74. The Labute approximate surface area is 113 Å². The highest BCUT2D eigenvalue weighted by atomic mass is 16.5. The lowest BCUT2D eigenvalue weighted by Gasteiger charge is -2.15. The highest BCUT2D eigenvalue weighted by Crippen LogP contribution is 2.34. The summed E-state index contributed by atoms with van der Waals surface area (Å²) < 4.78 is 11.3. The second kappa shape index (κ2) is 5.61. The monoisotopic (exact) mass is 258 g/mol. The van der Waals surface area contributed by atoms with E-state index in [2.05, 4.69) is 4.98 Å². The van der Waals surface area contributed by atoms with Gasteiger partial charge >= 0.3 is 0 Å². The molecule has 1 aromatic carbocycles. The van der Waals surface area contributed by atoms with Crippen LogP contribution in [0, 0.1) is 6.92 Å². The average Bonchev–Trinajstić information content (AvgIpc) is 2.36. The van der Waals surface area contributed by atoms with Crippen LogP contribution in [0.5, 0.6) is 17.2 Å². The van der Waals surface area contributed by atoms with Gasteiger partial charge < -0.3 is 15.2 Å². The highest BCUT2D eigenvalue weighted by molar-refractivity contribution is 5.63. The van der Waals surface area contributed by atoms with Gasteiger partial charge in [0, 0.05) is 5.69 Å². The number of hydrogen-bond acceptors (Lipinski definition) is 4. The molecule has 4 nitrogen and oxygen atoms in total. The quantitative estimate of drug-likeness (QED) is 0.852. The Morgan fingerprint density at radius 1 is 1.11 bits per heavy atom. The Balaban J connectivity index is 2.23. The van der Waals surface area contributed by atoms with Crippen molar-refractivity contribution in [2.75, 3.05) is 5.73 Å². The van der Waals surface area contributed by atoms with E-state index < -0.39 is 0 Å². The van der Waals surface area contributed by atoms with Crippen LogP contribution in [0.4, 0.5) is 5.69 Å². The first-order valence-corrected chi connectivity index (χ1v) is 6.22. The van der Waals surface area contributed by atoms with Gasteiger partial charge in [0.15, 0.2) is 5.75 Å². The van der Waals surface area contributed by atoms with Crippen molar-refractivity contribution in [2.24, 2.45) is 0 Å². The van der Waals surface area contributed by atoms with Gasteiger partial charge in [0.25, 0.3) is 0 Å². The number of anilines is 1. The van der Waals surface area contributed by atoms with Crippen molar-refractivity contribution in [1.29, 1.82) is 0 Å². The smallest absolute Gasteiger partial charge is 0.154 e. The molecule has 1 heterocycles. The van der Waals surface area contributed by atoms with Gasteiger partial charge in [-0.3, -0.25) is 4.98 Å². The molecular formula is C15H18N2O2. The Bertz CT molecular complexity index is 551. The maximum atomic E-state index is 6.04. The van der Waals surface area contributed by atoms with Crippen LogP contribution in [0.25, 0.3) is 0 Å². The number of pyridine rings is 1. The topological polar surface area (TPSA) is 57.4 Å². The van der Waals surface area contributed by atoms with E-state index in [-0.39, 0.29) is 6.10 Å². The fourth-order valence-electron chi connectivity index (χ4n) is 1.61. The number of nitrogens with zero attached hydrogens (tertiary/aromatic N) is 1. The number of aromatic nitrogens is 1. The predicted molar refractivity (Wildman–Crippen MR) is 75.7 cm³/mol. The van der Waals surface area contributed by atoms with Crippen LogP contribution in [0.3, 0.4) is 0 Å². The van der Waals surface area contributed by atoms with Gasteiger partial charge in [0.05, 0.1) is 12.3 Å². The van der Waals surface area contributed by atoms with E-state index in [9.17, 15) is 0 Å². The zero-order chi connectivity index (χ0) is 13.8. The standard InChI is InChI=1S/C15H18N2O2/c1-10(2)18-13-5-4-6-14(15(13)16)19-12-8-7-11(3)17-9-12/h4-10H,16H2,1-3H3. The lowest BCUT2D eigenvalue weighted by Crippen LogP contribution is -2.07. The fourth-order valence-corrected chi connectivity index (χ4v) is 1.61. The van der Waals surface area contributed by atoms with Gasteiger partial charge in [-0.25, -0.2) is 0 Å². The molecule has 2 N–H and O–H groups in total. The van der Waals surface area contributed by atoms with E-state index >= 15 is 0 Å². The molecule has 2 rings (SSSR count). The lowest BCUT2D eigenvalue weighted by atomic mass is 10.2. The summed E-state index contributed by atoms with van der Waals surface area (Å²) in [5.74, 6) is 1.86. The van der Waals surface area contributed by atoms with Crippen LogP contribution < -0.4 is 15.2 Å². The molecule has 0 aliphatic carbocycles. The summed E-state index contributed by atoms with van der Waals surface area (Å²) in [6, 6.07) is 9.24. The lowest BCUT2D eigenvalue weighted by molar-refractivity contribution is 0.243. The number of ether oxygens (including phenoxy) is 2. The Hall–Kier alpha value is -2.23. The van der Waals surface area contributed by atoms with Crippen LogP contribution in [0.15, 0.2) is 36.5 Å². The first kappa shape index (κ1) is 13.2. The average molecular weight is 258 g/mol. The molecule has 2 aromatic rings. The third-order valence-corrected chi connectivity index (χ3v) is 2.50. The third-order valence-electron chi connectivity index (χ3n) is 2.50. The summed E-state index contributed by atoms with van der Waals surface area (Å²) in [5, 5.41) is 0. The van der Waals surface area contributed by atoms with Crippen molar-refractivity contribution in [3.63, 3.8) is 0 Å². The summed E-state index contributed by atoms with van der Waals surface area (Å²) in [5.41, 5.74) is 7.48. The second-order valence-corrected chi connectivity index (χ2v) is 4.57. The summed E-state index contributed by atoms with van der Waals surface area (Å²) in [6.45, 7) is 5.84. The number of aryl methyl sites for hydroxylation is 1. The van der Waals surface area contributed by atoms with E-state index in [1.165, 1.54) is 0 Å². The van der Waals surface area contributed by atoms with Crippen LogP contribution >= 0.6 is 0 Å². The molecule has 0 saturated carbocycles. The first-order chi connectivity index (χ1) is 9.06. The van der Waals surface area contributed by atoms with Gasteiger partial charge in [0.2, 0.25) is 0 Å². The maximum Gasteiger partial charge on any atom is 0.154 e. The molecule has 0 atom stereocenters. The van der Waals surface area contributed by atoms with Crippen molar-refractivity contribution in [1.82, 2.24) is 4.98 Å². The summed E-state index contributed by atoms with van der Waals surface area (Å²) in [4.78, 5) is 4.18. The highest BCUT2D eigenvalue weighted by Gasteiger charge is 2.09. The number of rotatable bonds is 4. The van der Waals surface area contributed by atoms with E-state index in [0.29, 0.717) is 22.9 Å². The molecule has 100 valence electrons. The predicted octanol–water partition coefficient (Wildman–Crippen LogP) is 3.55. The van der Waals surface area contributed by atoms with E-state index in [4.69, 9.17) is 15.2 Å². The van der Waals surface area contributed by atoms with Gasteiger partial charge in [-0.1, -0.05) is 6.07 Å². The molecule has 0 amide bonds. The molecule has 0 aliphatic heterocycles. The first-order valence-electron chi connectivity index (χ1n) is 6.22. The molecule has 0 bridgehead atoms. The molecule has 1 aromatic heterocycles. The largest absolute Gasteiger partial charge is 0.489 e. The van der Waals surface area contributed by atoms with E-state index in [1.54, 1.807) is 6.20 Å². The van der Waals surface area contributed by atoms with Crippen molar-refractivity contribution in [3.05, 3.63) is 42.2 Å². The molecular weight excluding hydrogens is 240 g/mol. The Morgan fingerprint density at radius 2 is 1.84 bits per heavy atom.